The third-order valence-corrected chi connectivity index (χ3v) is 2.59. The molecular weight excluding hydrogens is 281 g/mol. The summed E-state index contributed by atoms with van der Waals surface area (Å²) in [4.78, 5) is 23.8. The summed E-state index contributed by atoms with van der Waals surface area (Å²) >= 11 is 11.3. The quantitative estimate of drug-likeness (QED) is 0.490. The van der Waals surface area contributed by atoms with Crippen LogP contribution in [-0.4, -0.2) is 59.4 Å². The van der Waals surface area contributed by atoms with Gasteiger partial charge in [0.2, 0.25) is 0 Å². The Labute approximate surface area is 117 Å². The maximum atomic E-state index is 11.2. The van der Waals surface area contributed by atoms with E-state index in [-0.39, 0.29) is 12.8 Å². The van der Waals surface area contributed by atoms with Crippen LogP contribution >= 0.6 is 23.2 Å². The fraction of sp³-hybridized carbons (Fsp3) is 0.818. The Bertz CT molecular complexity index is 257. The van der Waals surface area contributed by atoms with E-state index < -0.39 is 18.0 Å². The fourth-order valence-electron chi connectivity index (χ4n) is 1.43. The lowest BCUT2D eigenvalue weighted by Crippen LogP contribution is -2.38. The molecule has 18 heavy (non-hydrogen) atoms. The van der Waals surface area contributed by atoms with Gasteiger partial charge in [-0.3, -0.25) is 14.5 Å². The third kappa shape index (κ3) is 8.55. The Morgan fingerprint density at radius 1 is 1.28 bits per heavy atom. The number of carboxylic acid groups (broad SMARTS) is 1. The molecule has 0 aliphatic heterocycles. The van der Waals surface area contributed by atoms with Gasteiger partial charge in [0, 0.05) is 37.8 Å². The first kappa shape index (κ1) is 17.5. The van der Waals surface area contributed by atoms with Crippen LogP contribution in [0, 0.1) is 0 Å². The van der Waals surface area contributed by atoms with E-state index in [1.54, 1.807) is 6.92 Å². The number of carboxylic acids is 1. The van der Waals surface area contributed by atoms with E-state index in [2.05, 4.69) is 0 Å². The van der Waals surface area contributed by atoms with Gasteiger partial charge in [0.25, 0.3) is 0 Å². The fourth-order valence-corrected chi connectivity index (χ4v) is 1.91. The van der Waals surface area contributed by atoms with Gasteiger partial charge < -0.3 is 9.84 Å². The highest BCUT2D eigenvalue weighted by molar-refractivity contribution is 6.18. The number of nitrogens with zero attached hydrogens (tertiary/aromatic N) is 1. The molecule has 0 aliphatic rings. The maximum Gasteiger partial charge on any atom is 0.307 e. The third-order valence-electron chi connectivity index (χ3n) is 2.25. The summed E-state index contributed by atoms with van der Waals surface area (Å²) < 4.78 is 5.09. The molecule has 7 heteroatoms. The van der Waals surface area contributed by atoms with Crippen LogP contribution in [0.2, 0.25) is 0 Å². The molecule has 0 radical (unpaired) electrons. The zero-order valence-electron chi connectivity index (χ0n) is 10.4. The van der Waals surface area contributed by atoms with Gasteiger partial charge in [-0.05, 0) is 0 Å². The van der Waals surface area contributed by atoms with Crippen molar-refractivity contribution in [3.05, 3.63) is 0 Å². The van der Waals surface area contributed by atoms with Crippen LogP contribution < -0.4 is 0 Å². The molecule has 0 saturated carbocycles. The average Bonchev–Trinajstić information content (AvgIpc) is 2.28. The Morgan fingerprint density at radius 3 is 2.22 bits per heavy atom. The lowest BCUT2D eigenvalue weighted by atomic mass is 10.2. The van der Waals surface area contributed by atoms with Crippen molar-refractivity contribution in [1.82, 2.24) is 4.90 Å². The minimum atomic E-state index is -0.999. The first-order valence-corrected chi connectivity index (χ1v) is 6.85. The lowest BCUT2D eigenvalue weighted by Gasteiger charge is -2.25. The molecule has 0 amide bonds. The van der Waals surface area contributed by atoms with Crippen LogP contribution in [-0.2, 0) is 14.3 Å². The van der Waals surface area contributed by atoms with Gasteiger partial charge >= 0.3 is 11.9 Å². The first-order valence-electron chi connectivity index (χ1n) is 5.79. The van der Waals surface area contributed by atoms with Crippen molar-refractivity contribution in [3.8, 4) is 0 Å². The molecule has 106 valence electrons. The number of esters is 1. The van der Waals surface area contributed by atoms with Gasteiger partial charge in [0.05, 0.1) is 6.42 Å². The van der Waals surface area contributed by atoms with Crippen molar-refractivity contribution in [3.63, 3.8) is 0 Å². The zero-order chi connectivity index (χ0) is 14.0. The van der Waals surface area contributed by atoms with Gasteiger partial charge in [-0.25, -0.2) is 0 Å². The van der Waals surface area contributed by atoms with Crippen molar-refractivity contribution in [2.24, 2.45) is 0 Å². The number of carbonyl (C=O) groups excluding carboxylic acids is 1. The number of carbonyl (C=O) groups is 2. The topological polar surface area (TPSA) is 66.8 Å². The molecule has 0 aromatic carbocycles. The van der Waals surface area contributed by atoms with Crippen LogP contribution in [0.3, 0.4) is 0 Å². The largest absolute Gasteiger partial charge is 0.481 e. The molecule has 0 aromatic heterocycles. The minimum absolute atomic E-state index is 0.215. The average molecular weight is 300 g/mol. The summed E-state index contributed by atoms with van der Waals surface area (Å²) in [5.41, 5.74) is 0. The number of halogens is 2. The second-order valence-electron chi connectivity index (χ2n) is 3.74. The molecule has 0 heterocycles. The van der Waals surface area contributed by atoms with E-state index in [0.717, 1.165) is 0 Å². The molecule has 0 saturated heterocycles. The molecule has 0 bridgehead atoms. The molecule has 0 aromatic rings. The number of ether oxygens (including phenoxy) is 1. The Morgan fingerprint density at radius 2 is 1.83 bits per heavy atom. The van der Waals surface area contributed by atoms with Gasteiger partial charge in [0.15, 0.2) is 0 Å². The van der Waals surface area contributed by atoms with Crippen molar-refractivity contribution in [2.45, 2.75) is 25.9 Å². The number of alkyl halides is 2. The van der Waals surface area contributed by atoms with Gasteiger partial charge in [0.1, 0.15) is 6.10 Å². The summed E-state index contributed by atoms with van der Waals surface area (Å²) in [7, 11) is 0. The van der Waals surface area contributed by atoms with E-state index in [9.17, 15) is 9.59 Å². The lowest BCUT2D eigenvalue weighted by molar-refractivity contribution is -0.153. The Hall–Kier alpha value is -0.520. The highest BCUT2D eigenvalue weighted by Gasteiger charge is 2.20. The van der Waals surface area contributed by atoms with Crippen molar-refractivity contribution in [2.75, 3.05) is 31.4 Å². The minimum Gasteiger partial charge on any atom is -0.481 e. The van der Waals surface area contributed by atoms with Crippen molar-refractivity contribution < 1.29 is 19.4 Å². The van der Waals surface area contributed by atoms with Crippen LogP contribution in [0.15, 0.2) is 0 Å². The first-order chi connectivity index (χ1) is 8.53. The maximum absolute atomic E-state index is 11.2. The highest BCUT2D eigenvalue weighted by Crippen LogP contribution is 2.05. The van der Waals surface area contributed by atoms with Crippen LogP contribution in [0.1, 0.15) is 19.8 Å². The molecule has 5 nitrogen and oxygen atoms in total. The number of aliphatic carboxylic acids is 1. The summed E-state index contributed by atoms with van der Waals surface area (Å²) in [6.45, 7) is 3.15. The molecule has 1 N–H and O–H groups in total. The number of rotatable bonds is 10. The van der Waals surface area contributed by atoms with Gasteiger partial charge in [-0.15, -0.1) is 23.2 Å². The predicted molar refractivity (Wildman–Crippen MR) is 70.3 cm³/mol. The molecule has 1 unspecified atom stereocenters. The summed E-state index contributed by atoms with van der Waals surface area (Å²) in [6.07, 6.45) is -0.658. The molecule has 0 spiro atoms. The second kappa shape index (κ2) is 10.4. The van der Waals surface area contributed by atoms with E-state index in [4.69, 9.17) is 33.0 Å². The van der Waals surface area contributed by atoms with E-state index in [0.29, 0.717) is 31.4 Å². The van der Waals surface area contributed by atoms with Gasteiger partial charge in [-0.1, -0.05) is 6.92 Å². The zero-order valence-corrected chi connectivity index (χ0v) is 11.9. The SMILES string of the molecule is CCC(=O)OC(CC(=O)O)CN(CCCl)CCCl. The van der Waals surface area contributed by atoms with E-state index in [1.807, 2.05) is 4.90 Å². The van der Waals surface area contributed by atoms with Crippen LogP contribution in [0.4, 0.5) is 0 Å². The molecular formula is C11H19Cl2NO4. The second-order valence-corrected chi connectivity index (χ2v) is 4.50. The summed E-state index contributed by atoms with van der Waals surface area (Å²) in [5.74, 6) is -0.574. The van der Waals surface area contributed by atoms with Gasteiger partial charge in [-0.2, -0.15) is 0 Å². The molecule has 0 aliphatic carbocycles. The summed E-state index contributed by atoms with van der Waals surface area (Å²) in [6, 6.07) is 0. The van der Waals surface area contributed by atoms with E-state index >= 15 is 0 Å². The van der Waals surface area contributed by atoms with E-state index in [1.165, 1.54) is 0 Å². The monoisotopic (exact) mass is 299 g/mol. The Balaban J connectivity index is 4.42. The van der Waals surface area contributed by atoms with Crippen molar-refractivity contribution in [1.29, 1.82) is 0 Å². The molecule has 0 fully saturated rings. The van der Waals surface area contributed by atoms with Crippen LogP contribution in [0.25, 0.3) is 0 Å². The van der Waals surface area contributed by atoms with Crippen LogP contribution in [0.5, 0.6) is 0 Å². The Kier molecular flexibility index (Phi) is 10.1. The number of hydrogen-bond donors (Lipinski definition) is 1. The predicted octanol–water partition coefficient (Wildman–Crippen LogP) is 1.56. The smallest absolute Gasteiger partial charge is 0.307 e. The summed E-state index contributed by atoms with van der Waals surface area (Å²) in [5, 5.41) is 8.78. The normalized spacial score (nSPS) is 12.4. The molecule has 1 atom stereocenters. The number of hydrogen-bond acceptors (Lipinski definition) is 4. The molecule has 0 rings (SSSR count). The highest BCUT2D eigenvalue weighted by atomic mass is 35.5. The standard InChI is InChI=1S/C11H19Cl2NO4/c1-2-11(17)18-9(7-10(15)16)8-14(5-3-12)6-4-13/h9H,2-8H2,1H3,(H,15,16). The van der Waals surface area contributed by atoms with Crippen molar-refractivity contribution >= 4 is 35.1 Å².